The highest BCUT2D eigenvalue weighted by Crippen LogP contribution is 2.35. The zero-order chi connectivity index (χ0) is 26.1. The van der Waals surface area contributed by atoms with Crippen molar-refractivity contribution in [2.75, 3.05) is 10.6 Å². The lowest BCUT2D eigenvalue weighted by atomic mass is 9.95. The Morgan fingerprint density at radius 1 is 1.08 bits per heavy atom. The smallest absolute Gasteiger partial charge is 0.302 e. The number of pyridine rings is 1. The summed E-state index contributed by atoms with van der Waals surface area (Å²) in [5.74, 6) is -0.0203. The van der Waals surface area contributed by atoms with Gasteiger partial charge in [0, 0.05) is 39.1 Å². The fraction of sp³-hybridized carbons (Fsp3) is 0.115. The first kappa shape index (κ1) is 24.5. The van der Waals surface area contributed by atoms with Gasteiger partial charge in [0.15, 0.2) is 11.4 Å². The summed E-state index contributed by atoms with van der Waals surface area (Å²) in [6.45, 7) is 3.20. The first-order valence-electron chi connectivity index (χ1n) is 11.2. The van der Waals surface area contributed by atoms with Gasteiger partial charge in [-0.1, -0.05) is 41.4 Å². The number of aliphatic imine (C=N–C) groups is 1. The standard InChI is InChI=1S/C26H20Cl2N6O3/c1-13-22(24(36)32-21-11-15(14(2)35)9-10-29-21)23(17-5-3-4-6-18(17)28)33-25(30-13)34-26-31-19-8-7-16(27)12-20(19)37-26/h3-12,23H,1-2H3,(H,29,32,36)(H2,30,31,33,34). The largest absolute Gasteiger partial charge is 0.423 e. The molecule has 0 saturated heterocycles. The van der Waals surface area contributed by atoms with Crippen LogP contribution in [0.2, 0.25) is 10.0 Å². The Balaban J connectivity index is 1.48. The van der Waals surface area contributed by atoms with Crippen molar-refractivity contribution in [1.29, 1.82) is 0 Å². The van der Waals surface area contributed by atoms with E-state index in [4.69, 9.17) is 32.6 Å². The normalized spacial score (nSPS) is 15.2. The number of halogens is 2. The minimum Gasteiger partial charge on any atom is -0.423 e. The van der Waals surface area contributed by atoms with E-state index in [-0.39, 0.29) is 17.6 Å². The molecule has 0 spiro atoms. The lowest BCUT2D eigenvalue weighted by Gasteiger charge is -2.26. The van der Waals surface area contributed by atoms with Crippen LogP contribution in [0.4, 0.5) is 11.8 Å². The second-order valence-electron chi connectivity index (χ2n) is 8.26. The number of Topliss-reactive ketones (excluding diaryl/α,β-unsaturated/α-hetero) is 1. The van der Waals surface area contributed by atoms with Crippen molar-refractivity contribution in [2.24, 2.45) is 4.99 Å². The Morgan fingerprint density at radius 2 is 1.89 bits per heavy atom. The monoisotopic (exact) mass is 534 g/mol. The fourth-order valence-corrected chi connectivity index (χ4v) is 4.31. The van der Waals surface area contributed by atoms with Gasteiger partial charge in [0.2, 0.25) is 5.96 Å². The predicted molar refractivity (Wildman–Crippen MR) is 143 cm³/mol. The third-order valence-electron chi connectivity index (χ3n) is 5.67. The molecule has 1 aliphatic heterocycles. The average molecular weight is 535 g/mol. The van der Waals surface area contributed by atoms with E-state index in [0.717, 1.165) is 0 Å². The Bertz CT molecular complexity index is 1610. The third-order valence-corrected chi connectivity index (χ3v) is 6.25. The lowest BCUT2D eigenvalue weighted by molar-refractivity contribution is -0.113. The van der Waals surface area contributed by atoms with E-state index in [1.54, 1.807) is 49.4 Å². The molecule has 0 saturated carbocycles. The number of aromatic nitrogens is 2. The molecule has 4 aromatic rings. The number of amides is 1. The van der Waals surface area contributed by atoms with Gasteiger partial charge in [-0.25, -0.2) is 9.98 Å². The molecule has 3 N–H and O–H groups in total. The maximum absolute atomic E-state index is 13.5. The number of oxazole rings is 1. The predicted octanol–water partition coefficient (Wildman–Crippen LogP) is 5.76. The molecular formula is C26H20Cl2N6O3. The molecule has 2 aromatic heterocycles. The van der Waals surface area contributed by atoms with Crippen molar-refractivity contribution in [3.05, 3.63) is 93.2 Å². The minimum absolute atomic E-state index is 0.136. The number of rotatable bonds is 5. The van der Waals surface area contributed by atoms with E-state index in [1.807, 2.05) is 6.07 Å². The summed E-state index contributed by atoms with van der Waals surface area (Å²) in [5.41, 5.74) is 3.06. The van der Waals surface area contributed by atoms with Crippen molar-refractivity contribution in [3.8, 4) is 0 Å². The SMILES string of the molecule is CC(=O)c1ccnc(NC(=O)C2=C(C)NC(Nc3nc4ccc(Cl)cc4o3)=NC2c2ccccc2Cl)c1. The number of allylic oxidation sites excluding steroid dienone is 1. The van der Waals surface area contributed by atoms with E-state index < -0.39 is 11.9 Å². The first-order chi connectivity index (χ1) is 17.8. The molecule has 5 rings (SSSR count). The zero-order valence-electron chi connectivity index (χ0n) is 19.7. The summed E-state index contributed by atoms with van der Waals surface area (Å²) in [7, 11) is 0. The van der Waals surface area contributed by atoms with Crippen molar-refractivity contribution in [1.82, 2.24) is 15.3 Å². The van der Waals surface area contributed by atoms with Gasteiger partial charge in [0.1, 0.15) is 17.4 Å². The Hall–Kier alpha value is -4.21. The van der Waals surface area contributed by atoms with Crippen LogP contribution in [0, 0.1) is 0 Å². The lowest BCUT2D eigenvalue weighted by Crippen LogP contribution is -2.37. The molecule has 186 valence electrons. The van der Waals surface area contributed by atoms with E-state index in [9.17, 15) is 9.59 Å². The molecule has 0 radical (unpaired) electrons. The van der Waals surface area contributed by atoms with Crippen LogP contribution >= 0.6 is 23.2 Å². The molecule has 3 heterocycles. The highest BCUT2D eigenvalue weighted by atomic mass is 35.5. The number of fused-ring (bicyclic) bond motifs is 1. The van der Waals surface area contributed by atoms with Gasteiger partial charge in [-0.2, -0.15) is 4.98 Å². The number of nitrogens with zero attached hydrogens (tertiary/aromatic N) is 3. The summed E-state index contributed by atoms with van der Waals surface area (Å²) in [6.07, 6.45) is 1.46. The van der Waals surface area contributed by atoms with Gasteiger partial charge in [0.25, 0.3) is 5.91 Å². The summed E-state index contributed by atoms with van der Waals surface area (Å²) >= 11 is 12.6. The third kappa shape index (κ3) is 5.18. The summed E-state index contributed by atoms with van der Waals surface area (Å²) in [6, 6.07) is 14.8. The topological polar surface area (TPSA) is 122 Å². The fourth-order valence-electron chi connectivity index (χ4n) is 3.91. The number of ketones is 1. The van der Waals surface area contributed by atoms with E-state index in [0.29, 0.717) is 49.5 Å². The second kappa shape index (κ2) is 10.0. The Labute approximate surface area is 221 Å². The molecular weight excluding hydrogens is 515 g/mol. The van der Waals surface area contributed by atoms with Crippen molar-refractivity contribution >= 4 is 63.8 Å². The molecule has 0 aliphatic carbocycles. The van der Waals surface area contributed by atoms with Crippen molar-refractivity contribution in [3.63, 3.8) is 0 Å². The number of carbonyl (C=O) groups excluding carboxylic acids is 2. The van der Waals surface area contributed by atoms with Gasteiger partial charge >= 0.3 is 6.01 Å². The molecule has 37 heavy (non-hydrogen) atoms. The van der Waals surface area contributed by atoms with Crippen LogP contribution < -0.4 is 16.0 Å². The number of benzene rings is 2. The highest BCUT2D eigenvalue weighted by molar-refractivity contribution is 6.31. The van der Waals surface area contributed by atoms with Crippen LogP contribution in [0.25, 0.3) is 11.1 Å². The molecule has 1 unspecified atom stereocenters. The molecule has 1 atom stereocenters. The van der Waals surface area contributed by atoms with Crippen LogP contribution in [-0.4, -0.2) is 27.6 Å². The van der Waals surface area contributed by atoms with Gasteiger partial charge in [-0.3, -0.25) is 14.9 Å². The Morgan fingerprint density at radius 3 is 2.68 bits per heavy atom. The molecule has 9 nitrogen and oxygen atoms in total. The maximum Gasteiger partial charge on any atom is 0.302 e. The summed E-state index contributed by atoms with van der Waals surface area (Å²) in [5, 5.41) is 9.87. The molecule has 2 aromatic carbocycles. The van der Waals surface area contributed by atoms with E-state index in [1.165, 1.54) is 19.2 Å². The number of carbonyl (C=O) groups is 2. The quantitative estimate of drug-likeness (QED) is 0.278. The van der Waals surface area contributed by atoms with Gasteiger partial charge < -0.3 is 15.1 Å². The number of anilines is 2. The van der Waals surface area contributed by atoms with Crippen LogP contribution in [0.5, 0.6) is 0 Å². The summed E-state index contributed by atoms with van der Waals surface area (Å²) in [4.78, 5) is 38.5. The van der Waals surface area contributed by atoms with Gasteiger partial charge in [0.05, 0.1) is 5.57 Å². The zero-order valence-corrected chi connectivity index (χ0v) is 21.2. The van der Waals surface area contributed by atoms with Crippen molar-refractivity contribution in [2.45, 2.75) is 19.9 Å². The number of hydrogen-bond acceptors (Lipinski definition) is 8. The minimum atomic E-state index is -0.757. The summed E-state index contributed by atoms with van der Waals surface area (Å²) < 4.78 is 5.75. The molecule has 1 aliphatic rings. The van der Waals surface area contributed by atoms with Crippen molar-refractivity contribution < 1.29 is 14.0 Å². The Kier molecular flexibility index (Phi) is 6.64. The van der Waals surface area contributed by atoms with Gasteiger partial charge in [-0.05, 0) is 44.2 Å². The number of nitrogens with one attached hydrogen (secondary N) is 3. The molecule has 0 fully saturated rings. The van der Waals surface area contributed by atoms with E-state index in [2.05, 4.69) is 25.9 Å². The number of guanidine groups is 1. The molecule has 11 heteroatoms. The molecule has 0 bridgehead atoms. The number of hydrogen-bond donors (Lipinski definition) is 3. The second-order valence-corrected chi connectivity index (χ2v) is 9.11. The van der Waals surface area contributed by atoms with Crippen LogP contribution in [0.15, 0.2) is 81.5 Å². The maximum atomic E-state index is 13.5. The van der Waals surface area contributed by atoms with E-state index >= 15 is 0 Å². The average Bonchev–Trinajstić information content (AvgIpc) is 3.25. The van der Waals surface area contributed by atoms with Gasteiger partial charge in [-0.15, -0.1) is 0 Å². The molecule has 1 amide bonds. The van der Waals surface area contributed by atoms with Crippen LogP contribution in [0.3, 0.4) is 0 Å². The first-order valence-corrected chi connectivity index (χ1v) is 12.0. The highest BCUT2D eigenvalue weighted by Gasteiger charge is 2.31. The van der Waals surface area contributed by atoms with Crippen LogP contribution in [0.1, 0.15) is 35.8 Å². The van der Waals surface area contributed by atoms with Crippen LogP contribution in [-0.2, 0) is 4.79 Å².